The van der Waals surface area contributed by atoms with Crippen molar-refractivity contribution in [2.75, 3.05) is 24.5 Å². The second-order valence-electron chi connectivity index (χ2n) is 7.77. The number of carbonyl (C=O) groups is 1. The standard InChI is InChI=1S/C24H25N5O/c1-17-4-3-5-22(18(17)2)29-11-10-28(15-24(29)30)23(21-14-26-16-27-21)12-19-6-8-20(13-25)9-7-19/h3-9,14,16,23H,10-12,15H2,1-2H3,(H,26,27). The van der Waals surface area contributed by atoms with E-state index in [0.717, 1.165) is 35.5 Å². The van der Waals surface area contributed by atoms with Crippen LogP contribution in [-0.4, -0.2) is 40.4 Å². The predicted octanol–water partition coefficient (Wildman–Crippen LogP) is 3.53. The van der Waals surface area contributed by atoms with Crippen LogP contribution in [0.5, 0.6) is 0 Å². The largest absolute Gasteiger partial charge is 0.347 e. The monoisotopic (exact) mass is 399 g/mol. The van der Waals surface area contributed by atoms with Gasteiger partial charge >= 0.3 is 0 Å². The highest BCUT2D eigenvalue weighted by molar-refractivity contribution is 5.96. The zero-order chi connectivity index (χ0) is 21.1. The summed E-state index contributed by atoms with van der Waals surface area (Å²) in [5.74, 6) is 0.110. The number of aromatic amines is 1. The predicted molar refractivity (Wildman–Crippen MR) is 116 cm³/mol. The maximum atomic E-state index is 13.1. The molecule has 2 aromatic carbocycles. The number of H-pyrrole nitrogens is 1. The molecule has 1 aliphatic heterocycles. The lowest BCUT2D eigenvalue weighted by molar-refractivity contribution is -0.122. The highest BCUT2D eigenvalue weighted by Gasteiger charge is 2.31. The maximum Gasteiger partial charge on any atom is 0.241 e. The Morgan fingerprint density at radius 3 is 2.63 bits per heavy atom. The van der Waals surface area contributed by atoms with Crippen LogP contribution in [0.1, 0.15) is 34.0 Å². The van der Waals surface area contributed by atoms with Crippen molar-refractivity contribution < 1.29 is 4.79 Å². The first-order valence-electron chi connectivity index (χ1n) is 10.1. The molecule has 0 radical (unpaired) electrons. The normalized spacial score (nSPS) is 15.8. The van der Waals surface area contributed by atoms with E-state index in [1.165, 1.54) is 5.56 Å². The number of piperazine rings is 1. The van der Waals surface area contributed by atoms with Gasteiger partial charge in [-0.3, -0.25) is 9.69 Å². The second-order valence-corrected chi connectivity index (χ2v) is 7.77. The maximum absolute atomic E-state index is 13.1. The molecule has 0 spiro atoms. The molecule has 1 aliphatic rings. The summed E-state index contributed by atoms with van der Waals surface area (Å²) in [6, 6.07) is 15.9. The molecule has 1 unspecified atom stereocenters. The van der Waals surface area contributed by atoms with Crippen LogP contribution in [0.2, 0.25) is 0 Å². The van der Waals surface area contributed by atoms with E-state index in [1.807, 2.05) is 47.5 Å². The number of anilines is 1. The third-order valence-corrected chi connectivity index (χ3v) is 5.95. The van der Waals surface area contributed by atoms with Crippen molar-refractivity contribution in [3.8, 4) is 6.07 Å². The quantitative estimate of drug-likeness (QED) is 0.712. The second kappa shape index (κ2) is 8.52. The number of nitriles is 1. The summed E-state index contributed by atoms with van der Waals surface area (Å²) in [6.45, 7) is 5.93. The molecule has 30 heavy (non-hydrogen) atoms. The molecule has 2 heterocycles. The average molecular weight is 399 g/mol. The summed E-state index contributed by atoms with van der Waals surface area (Å²) in [7, 11) is 0. The van der Waals surface area contributed by atoms with E-state index in [4.69, 9.17) is 5.26 Å². The molecule has 1 atom stereocenters. The van der Waals surface area contributed by atoms with Crippen LogP contribution in [-0.2, 0) is 11.2 Å². The lowest BCUT2D eigenvalue weighted by Gasteiger charge is -2.39. The third-order valence-electron chi connectivity index (χ3n) is 5.95. The minimum Gasteiger partial charge on any atom is -0.347 e. The molecular weight excluding hydrogens is 374 g/mol. The van der Waals surface area contributed by atoms with Crippen molar-refractivity contribution in [1.29, 1.82) is 5.26 Å². The van der Waals surface area contributed by atoms with Crippen LogP contribution in [0, 0.1) is 25.2 Å². The van der Waals surface area contributed by atoms with Gasteiger partial charge in [0, 0.05) is 25.0 Å². The van der Waals surface area contributed by atoms with Crippen LogP contribution in [0.4, 0.5) is 5.69 Å². The Kier molecular flexibility index (Phi) is 5.64. The van der Waals surface area contributed by atoms with Gasteiger partial charge in [0.15, 0.2) is 0 Å². The van der Waals surface area contributed by atoms with E-state index >= 15 is 0 Å². The van der Waals surface area contributed by atoms with E-state index in [0.29, 0.717) is 18.7 Å². The fourth-order valence-electron chi connectivity index (χ4n) is 4.06. The summed E-state index contributed by atoms with van der Waals surface area (Å²) in [5, 5.41) is 9.04. The fourth-order valence-corrected chi connectivity index (χ4v) is 4.06. The topological polar surface area (TPSA) is 76.0 Å². The van der Waals surface area contributed by atoms with Gasteiger partial charge in [-0.1, -0.05) is 24.3 Å². The summed E-state index contributed by atoms with van der Waals surface area (Å²) in [5.41, 5.74) is 6.12. The van der Waals surface area contributed by atoms with Gasteiger partial charge < -0.3 is 9.88 Å². The molecule has 0 bridgehead atoms. The van der Waals surface area contributed by atoms with Crippen molar-refractivity contribution in [2.45, 2.75) is 26.3 Å². The van der Waals surface area contributed by atoms with Gasteiger partial charge in [-0.25, -0.2) is 4.98 Å². The Morgan fingerprint density at radius 2 is 1.97 bits per heavy atom. The van der Waals surface area contributed by atoms with Gasteiger partial charge in [-0.2, -0.15) is 5.26 Å². The molecule has 0 aliphatic carbocycles. The Labute approximate surface area is 176 Å². The molecule has 1 N–H and O–H groups in total. The van der Waals surface area contributed by atoms with Crippen LogP contribution in [0.25, 0.3) is 0 Å². The molecule has 6 heteroatoms. The molecular formula is C24H25N5O. The van der Waals surface area contributed by atoms with Crippen molar-refractivity contribution in [1.82, 2.24) is 14.9 Å². The number of benzene rings is 2. The first-order valence-corrected chi connectivity index (χ1v) is 10.1. The van der Waals surface area contributed by atoms with Crippen molar-refractivity contribution in [3.05, 3.63) is 82.9 Å². The molecule has 1 saturated heterocycles. The van der Waals surface area contributed by atoms with Gasteiger partial charge in [-0.15, -0.1) is 0 Å². The van der Waals surface area contributed by atoms with Crippen molar-refractivity contribution >= 4 is 11.6 Å². The third kappa shape index (κ3) is 3.98. The number of aromatic nitrogens is 2. The minimum absolute atomic E-state index is 0.0187. The molecule has 6 nitrogen and oxygen atoms in total. The average Bonchev–Trinajstić information content (AvgIpc) is 3.29. The molecule has 1 amide bonds. The van der Waals surface area contributed by atoms with Crippen molar-refractivity contribution in [2.24, 2.45) is 0 Å². The number of amides is 1. The highest BCUT2D eigenvalue weighted by Crippen LogP contribution is 2.29. The molecule has 3 aromatic rings. The summed E-state index contributed by atoms with van der Waals surface area (Å²) in [4.78, 5) is 24.6. The summed E-state index contributed by atoms with van der Waals surface area (Å²) in [6.07, 6.45) is 4.25. The number of nitrogens with one attached hydrogen (secondary N) is 1. The molecule has 152 valence electrons. The zero-order valence-corrected chi connectivity index (χ0v) is 17.3. The molecule has 4 rings (SSSR count). The Balaban J connectivity index is 1.55. The van der Waals surface area contributed by atoms with Crippen LogP contribution >= 0.6 is 0 Å². The number of hydrogen-bond acceptors (Lipinski definition) is 4. The van der Waals surface area contributed by atoms with E-state index < -0.39 is 0 Å². The highest BCUT2D eigenvalue weighted by atomic mass is 16.2. The minimum atomic E-state index is 0.0187. The van der Waals surface area contributed by atoms with Gasteiger partial charge in [0.2, 0.25) is 5.91 Å². The Hall–Kier alpha value is -3.43. The van der Waals surface area contributed by atoms with Gasteiger partial charge in [0.05, 0.1) is 36.2 Å². The number of hydrogen-bond donors (Lipinski definition) is 1. The number of carbonyl (C=O) groups excluding carboxylic acids is 1. The first kappa shape index (κ1) is 19.9. The number of rotatable bonds is 5. The van der Waals surface area contributed by atoms with Crippen LogP contribution < -0.4 is 4.90 Å². The summed E-state index contributed by atoms with van der Waals surface area (Å²) < 4.78 is 0. The van der Waals surface area contributed by atoms with E-state index in [1.54, 1.807) is 6.33 Å². The van der Waals surface area contributed by atoms with Crippen LogP contribution in [0.15, 0.2) is 55.0 Å². The number of aryl methyl sites for hydroxylation is 1. The SMILES string of the molecule is Cc1cccc(N2CCN(C(Cc3ccc(C#N)cc3)c3cnc[nH]3)CC2=O)c1C. The van der Waals surface area contributed by atoms with Gasteiger partial charge in [0.25, 0.3) is 0 Å². The first-order chi connectivity index (χ1) is 14.6. The molecule has 0 saturated carbocycles. The Bertz CT molecular complexity index is 1070. The van der Waals surface area contributed by atoms with Gasteiger partial charge in [0.1, 0.15) is 0 Å². The number of imidazole rings is 1. The lowest BCUT2D eigenvalue weighted by atomic mass is 10.00. The molecule has 1 aromatic heterocycles. The number of nitrogens with zero attached hydrogens (tertiary/aromatic N) is 4. The summed E-state index contributed by atoms with van der Waals surface area (Å²) >= 11 is 0. The fraction of sp³-hybridized carbons (Fsp3) is 0.292. The smallest absolute Gasteiger partial charge is 0.241 e. The van der Waals surface area contributed by atoms with Crippen LogP contribution in [0.3, 0.4) is 0 Å². The zero-order valence-electron chi connectivity index (χ0n) is 17.3. The Morgan fingerprint density at radius 1 is 1.17 bits per heavy atom. The molecule has 1 fully saturated rings. The van der Waals surface area contributed by atoms with Gasteiger partial charge in [-0.05, 0) is 55.2 Å². The van der Waals surface area contributed by atoms with E-state index in [2.05, 4.69) is 40.9 Å². The lowest BCUT2D eigenvalue weighted by Crippen LogP contribution is -2.52. The van der Waals surface area contributed by atoms with E-state index in [-0.39, 0.29) is 11.9 Å². The van der Waals surface area contributed by atoms with Crippen molar-refractivity contribution in [3.63, 3.8) is 0 Å². The van der Waals surface area contributed by atoms with E-state index in [9.17, 15) is 4.79 Å².